The van der Waals surface area contributed by atoms with Crippen LogP contribution in [0.25, 0.3) is 6.08 Å². The molecule has 0 radical (unpaired) electrons. The average molecular weight is 512 g/mol. The van der Waals surface area contributed by atoms with Crippen molar-refractivity contribution >= 4 is 51.9 Å². The maximum absolute atomic E-state index is 13.5. The number of amidine groups is 1. The van der Waals surface area contributed by atoms with Gasteiger partial charge in [-0.15, -0.1) is 0 Å². The molecule has 0 N–H and O–H groups in total. The summed E-state index contributed by atoms with van der Waals surface area (Å²) in [6, 6.07) is 28.9. The molecule has 3 aromatic carbocycles. The van der Waals surface area contributed by atoms with Crippen LogP contribution in [0.3, 0.4) is 0 Å². The van der Waals surface area contributed by atoms with E-state index in [1.54, 1.807) is 23.2 Å². The van der Waals surface area contributed by atoms with Crippen LogP contribution < -0.4 is 9.64 Å². The van der Waals surface area contributed by atoms with Crippen molar-refractivity contribution in [3.63, 3.8) is 0 Å². The molecule has 4 aromatic rings. The molecule has 0 saturated carbocycles. The summed E-state index contributed by atoms with van der Waals surface area (Å²) in [6.07, 6.45) is 3.46. The number of amides is 1. The number of aliphatic imine (C=N–C) groups is 1. The van der Waals surface area contributed by atoms with Crippen molar-refractivity contribution in [2.24, 2.45) is 4.99 Å². The van der Waals surface area contributed by atoms with Crippen molar-refractivity contribution in [1.82, 2.24) is 4.98 Å². The van der Waals surface area contributed by atoms with E-state index < -0.39 is 0 Å². The summed E-state index contributed by atoms with van der Waals surface area (Å²) >= 11 is 7.54. The number of hydrogen-bond donors (Lipinski definition) is 0. The Balaban J connectivity index is 1.43. The molecule has 1 aliphatic heterocycles. The Morgan fingerprint density at radius 1 is 1.00 bits per heavy atom. The molecule has 1 amide bonds. The lowest BCUT2D eigenvalue weighted by atomic mass is 10.1. The highest BCUT2D eigenvalue weighted by molar-refractivity contribution is 8.19. The molecule has 1 aromatic heterocycles. The monoisotopic (exact) mass is 511 g/mol. The zero-order valence-electron chi connectivity index (χ0n) is 19.5. The molecule has 1 aliphatic rings. The van der Waals surface area contributed by atoms with Crippen LogP contribution >= 0.6 is 23.4 Å². The number of aromatic nitrogens is 1. The molecule has 0 aliphatic carbocycles. The van der Waals surface area contributed by atoms with Crippen LogP contribution in [0.2, 0.25) is 5.15 Å². The number of pyridine rings is 1. The minimum Gasteiger partial charge on any atom is -0.489 e. The van der Waals surface area contributed by atoms with Gasteiger partial charge in [-0.2, -0.15) is 0 Å². The van der Waals surface area contributed by atoms with Crippen LogP contribution in [-0.4, -0.2) is 16.1 Å². The second-order valence-electron chi connectivity index (χ2n) is 8.14. The largest absolute Gasteiger partial charge is 0.489 e. The number of ether oxygens (including phenoxy) is 1. The van der Waals surface area contributed by atoms with Crippen molar-refractivity contribution in [3.8, 4) is 5.75 Å². The van der Waals surface area contributed by atoms with E-state index in [0.29, 0.717) is 22.4 Å². The van der Waals surface area contributed by atoms with E-state index in [1.165, 1.54) is 17.3 Å². The van der Waals surface area contributed by atoms with E-state index in [-0.39, 0.29) is 11.1 Å². The smallest absolute Gasteiger partial charge is 0.271 e. The van der Waals surface area contributed by atoms with E-state index in [4.69, 9.17) is 16.3 Å². The number of anilines is 1. The molecule has 5 rings (SSSR count). The molecule has 0 spiro atoms. The molecule has 178 valence electrons. The Bertz CT molecular complexity index is 1450. The van der Waals surface area contributed by atoms with Gasteiger partial charge in [-0.1, -0.05) is 71.8 Å². The van der Waals surface area contributed by atoms with Gasteiger partial charge in [0.25, 0.3) is 5.91 Å². The maximum atomic E-state index is 13.5. The Morgan fingerprint density at radius 2 is 1.81 bits per heavy atom. The third kappa shape index (κ3) is 5.51. The standard InChI is InChI=1S/C29H22ClN3O2S/c1-20-12-14-21(15-13-20)19-35-24-10-5-7-22(17-24)18-26-28(34)33(23-8-3-2-4-9-23)29(36-26)32-25-11-6-16-31-27(25)30/h2-18H,19H2,1H3/b26-18-,32-29?. The van der Waals surface area contributed by atoms with Crippen LogP contribution in [0.5, 0.6) is 5.75 Å². The summed E-state index contributed by atoms with van der Waals surface area (Å²) in [5.74, 6) is 0.576. The lowest BCUT2D eigenvalue weighted by molar-refractivity contribution is -0.113. The zero-order valence-corrected chi connectivity index (χ0v) is 21.0. The first-order valence-corrected chi connectivity index (χ1v) is 12.5. The second kappa shape index (κ2) is 10.8. The normalized spacial score (nSPS) is 15.6. The van der Waals surface area contributed by atoms with Crippen molar-refractivity contribution in [2.45, 2.75) is 13.5 Å². The first kappa shape index (κ1) is 23.9. The number of thioether (sulfide) groups is 1. The number of rotatable bonds is 6. The molecule has 2 heterocycles. The zero-order chi connectivity index (χ0) is 24.9. The fourth-order valence-corrected chi connectivity index (χ4v) is 4.77. The van der Waals surface area contributed by atoms with E-state index >= 15 is 0 Å². The predicted octanol–water partition coefficient (Wildman–Crippen LogP) is 7.43. The Labute approximate surface area is 219 Å². The third-order valence-corrected chi connectivity index (χ3v) is 6.72. The van der Waals surface area contributed by atoms with Crippen molar-refractivity contribution in [3.05, 3.63) is 124 Å². The van der Waals surface area contributed by atoms with Crippen molar-refractivity contribution in [1.29, 1.82) is 0 Å². The summed E-state index contributed by atoms with van der Waals surface area (Å²) in [4.78, 5) is 24.4. The number of carbonyl (C=O) groups is 1. The lowest BCUT2D eigenvalue weighted by Gasteiger charge is -2.15. The molecular formula is C29H22ClN3O2S. The van der Waals surface area contributed by atoms with Gasteiger partial charge in [0, 0.05) is 6.20 Å². The second-order valence-corrected chi connectivity index (χ2v) is 9.51. The topological polar surface area (TPSA) is 54.8 Å². The van der Waals surface area contributed by atoms with Gasteiger partial charge in [-0.3, -0.25) is 9.69 Å². The average Bonchev–Trinajstić information content (AvgIpc) is 3.20. The highest BCUT2D eigenvalue weighted by atomic mass is 35.5. The number of carbonyl (C=O) groups excluding carboxylic acids is 1. The summed E-state index contributed by atoms with van der Waals surface area (Å²) in [5.41, 5.74) is 4.40. The van der Waals surface area contributed by atoms with Crippen LogP contribution in [0.4, 0.5) is 11.4 Å². The Kier molecular flexibility index (Phi) is 7.16. The summed E-state index contributed by atoms with van der Waals surface area (Å²) in [7, 11) is 0. The Morgan fingerprint density at radius 3 is 2.58 bits per heavy atom. The fourth-order valence-electron chi connectivity index (χ4n) is 3.61. The molecule has 0 bridgehead atoms. The van der Waals surface area contributed by atoms with Crippen molar-refractivity contribution < 1.29 is 9.53 Å². The van der Waals surface area contributed by atoms with Crippen LogP contribution in [0.15, 0.2) is 107 Å². The minimum absolute atomic E-state index is 0.157. The van der Waals surface area contributed by atoms with Gasteiger partial charge in [0.15, 0.2) is 10.3 Å². The van der Waals surface area contributed by atoms with E-state index in [0.717, 1.165) is 22.6 Å². The fraction of sp³-hybridized carbons (Fsp3) is 0.0690. The van der Waals surface area contributed by atoms with Gasteiger partial charge in [0.1, 0.15) is 18.0 Å². The SMILES string of the molecule is Cc1ccc(COc2cccc(/C=C3\SC(=Nc4cccnc4Cl)N(c4ccccc4)C3=O)c2)cc1. The van der Waals surface area contributed by atoms with Crippen LogP contribution in [0, 0.1) is 6.92 Å². The molecule has 7 heteroatoms. The first-order valence-electron chi connectivity index (χ1n) is 11.3. The molecule has 1 fully saturated rings. The number of benzene rings is 3. The van der Waals surface area contributed by atoms with E-state index in [2.05, 4.69) is 41.2 Å². The molecular weight excluding hydrogens is 490 g/mol. The number of halogens is 1. The van der Waals surface area contributed by atoms with Gasteiger partial charge >= 0.3 is 0 Å². The van der Waals surface area contributed by atoms with E-state index in [1.807, 2.05) is 60.7 Å². The summed E-state index contributed by atoms with van der Waals surface area (Å²) in [6.45, 7) is 2.53. The molecule has 36 heavy (non-hydrogen) atoms. The van der Waals surface area contributed by atoms with Crippen molar-refractivity contribution in [2.75, 3.05) is 4.90 Å². The van der Waals surface area contributed by atoms with Gasteiger partial charge in [-0.25, -0.2) is 9.98 Å². The van der Waals surface area contributed by atoms with E-state index in [9.17, 15) is 4.79 Å². The maximum Gasteiger partial charge on any atom is 0.271 e. The molecule has 1 saturated heterocycles. The molecule has 0 atom stereocenters. The van der Waals surface area contributed by atoms with Gasteiger partial charge < -0.3 is 4.74 Å². The van der Waals surface area contributed by atoms with Gasteiger partial charge in [0.05, 0.1) is 10.6 Å². The summed E-state index contributed by atoms with van der Waals surface area (Å²) < 4.78 is 5.99. The highest BCUT2D eigenvalue weighted by Crippen LogP contribution is 2.38. The van der Waals surface area contributed by atoms with Crippen LogP contribution in [-0.2, 0) is 11.4 Å². The predicted molar refractivity (Wildman–Crippen MR) is 148 cm³/mol. The highest BCUT2D eigenvalue weighted by Gasteiger charge is 2.34. The first-order chi connectivity index (χ1) is 17.6. The number of hydrogen-bond acceptors (Lipinski definition) is 5. The quantitative estimate of drug-likeness (QED) is 0.199. The molecule has 0 unspecified atom stereocenters. The molecule has 5 nitrogen and oxygen atoms in total. The number of aryl methyl sites for hydroxylation is 1. The lowest BCUT2D eigenvalue weighted by Crippen LogP contribution is -2.28. The Hall–Kier alpha value is -3.87. The summed E-state index contributed by atoms with van der Waals surface area (Å²) in [5, 5.41) is 0.793. The van der Waals surface area contributed by atoms with Gasteiger partial charge in [0.2, 0.25) is 0 Å². The van der Waals surface area contributed by atoms with Gasteiger partial charge in [-0.05, 0) is 72.3 Å². The number of nitrogens with zero attached hydrogens (tertiary/aromatic N) is 3. The van der Waals surface area contributed by atoms with Crippen LogP contribution in [0.1, 0.15) is 16.7 Å². The minimum atomic E-state index is -0.157. The number of para-hydroxylation sites is 1. The third-order valence-electron chi connectivity index (χ3n) is 5.46.